The van der Waals surface area contributed by atoms with Gasteiger partial charge < -0.3 is 10.1 Å². The van der Waals surface area contributed by atoms with E-state index in [2.05, 4.69) is 10.6 Å². The van der Waals surface area contributed by atoms with Crippen LogP contribution in [0.2, 0.25) is 5.02 Å². The number of hydrogen-bond donors (Lipinski definition) is 2. The van der Waals surface area contributed by atoms with E-state index >= 15 is 0 Å². The van der Waals surface area contributed by atoms with Gasteiger partial charge in [0.25, 0.3) is 0 Å². The van der Waals surface area contributed by atoms with Crippen LogP contribution in [0.15, 0.2) is 36.4 Å². The summed E-state index contributed by atoms with van der Waals surface area (Å²) in [4.78, 5) is 26.0. The number of hydrogen-bond acceptors (Lipinski definition) is 4. The summed E-state index contributed by atoms with van der Waals surface area (Å²) < 4.78 is 5.31. The molecule has 0 saturated heterocycles. The van der Waals surface area contributed by atoms with Gasteiger partial charge in [-0.3, -0.25) is 15.0 Å². The summed E-state index contributed by atoms with van der Waals surface area (Å²) in [6, 6.07) is 10.4. The number of urea groups is 1. The van der Waals surface area contributed by atoms with Crippen LogP contribution in [0.5, 0.6) is 5.75 Å². The zero-order valence-electron chi connectivity index (χ0n) is 15.9. The summed E-state index contributed by atoms with van der Waals surface area (Å²) in [6.45, 7) is 4.38. The molecule has 2 rings (SSSR count). The Bertz CT molecular complexity index is 839. The number of aryl methyl sites for hydroxylation is 2. The van der Waals surface area contributed by atoms with Gasteiger partial charge in [0.15, 0.2) is 0 Å². The largest absolute Gasteiger partial charge is 0.496 e. The molecule has 0 fully saturated rings. The van der Waals surface area contributed by atoms with Crippen LogP contribution in [0.1, 0.15) is 16.7 Å². The molecule has 0 saturated carbocycles. The summed E-state index contributed by atoms with van der Waals surface area (Å²) in [6.07, 6.45) is 0. The molecule has 27 heavy (non-hydrogen) atoms. The summed E-state index contributed by atoms with van der Waals surface area (Å²) in [7, 11) is 3.36. The van der Waals surface area contributed by atoms with Crippen molar-refractivity contribution < 1.29 is 14.3 Å². The maximum absolute atomic E-state index is 12.1. The summed E-state index contributed by atoms with van der Waals surface area (Å²) >= 11 is 6.03. The molecule has 0 aromatic heterocycles. The maximum atomic E-state index is 12.1. The van der Waals surface area contributed by atoms with Gasteiger partial charge in [-0.2, -0.15) is 0 Å². The number of rotatable bonds is 6. The van der Waals surface area contributed by atoms with Gasteiger partial charge in [-0.1, -0.05) is 29.3 Å². The van der Waals surface area contributed by atoms with Gasteiger partial charge in [0.1, 0.15) is 5.75 Å². The van der Waals surface area contributed by atoms with E-state index in [4.69, 9.17) is 16.3 Å². The van der Waals surface area contributed by atoms with Crippen LogP contribution in [0.25, 0.3) is 0 Å². The average molecular weight is 390 g/mol. The number of benzene rings is 2. The molecule has 0 aliphatic heterocycles. The molecule has 0 spiro atoms. The fourth-order valence-electron chi connectivity index (χ4n) is 2.74. The number of carbonyl (C=O) groups is 2. The summed E-state index contributed by atoms with van der Waals surface area (Å²) in [5.41, 5.74) is 3.57. The highest BCUT2D eigenvalue weighted by molar-refractivity contribution is 6.30. The third kappa shape index (κ3) is 6.27. The molecule has 0 aliphatic rings. The van der Waals surface area contributed by atoms with Crippen LogP contribution in [-0.2, 0) is 11.3 Å². The number of likely N-dealkylation sites (N-methyl/N-ethyl adjacent to an activating group) is 1. The molecular formula is C20H24ClN3O3. The fraction of sp³-hybridized carbons (Fsp3) is 0.300. The third-order valence-corrected chi connectivity index (χ3v) is 4.21. The lowest BCUT2D eigenvalue weighted by Crippen LogP contribution is -2.40. The minimum atomic E-state index is -0.555. The lowest BCUT2D eigenvalue weighted by Gasteiger charge is -2.18. The SMILES string of the molecule is COc1ccc(Cl)cc1CN(C)CC(=O)NC(=O)Nc1ccc(C)cc1C. The van der Waals surface area contributed by atoms with E-state index in [1.807, 2.05) is 32.0 Å². The minimum Gasteiger partial charge on any atom is -0.496 e. The Morgan fingerprint density at radius 1 is 1.15 bits per heavy atom. The van der Waals surface area contributed by atoms with Crippen LogP contribution in [0.3, 0.4) is 0 Å². The van der Waals surface area contributed by atoms with Crippen LogP contribution in [0.4, 0.5) is 10.5 Å². The van der Waals surface area contributed by atoms with Gasteiger partial charge in [-0.15, -0.1) is 0 Å². The predicted octanol–water partition coefficient (Wildman–Crippen LogP) is 3.75. The van der Waals surface area contributed by atoms with Crippen molar-refractivity contribution in [1.29, 1.82) is 0 Å². The van der Waals surface area contributed by atoms with E-state index in [1.54, 1.807) is 37.3 Å². The molecule has 0 unspecified atom stereocenters. The van der Waals surface area contributed by atoms with Crippen molar-refractivity contribution in [2.24, 2.45) is 0 Å². The first-order chi connectivity index (χ1) is 12.8. The Morgan fingerprint density at radius 3 is 2.56 bits per heavy atom. The van der Waals surface area contributed by atoms with Crippen LogP contribution >= 0.6 is 11.6 Å². The van der Waals surface area contributed by atoms with E-state index in [9.17, 15) is 9.59 Å². The topological polar surface area (TPSA) is 70.7 Å². The second-order valence-corrected chi connectivity index (χ2v) is 6.89. The number of carbonyl (C=O) groups excluding carboxylic acids is 2. The minimum absolute atomic E-state index is 0.0516. The molecular weight excluding hydrogens is 366 g/mol. The molecule has 0 atom stereocenters. The number of methoxy groups -OCH3 is 1. The lowest BCUT2D eigenvalue weighted by molar-refractivity contribution is -0.120. The molecule has 2 aromatic rings. The first-order valence-electron chi connectivity index (χ1n) is 8.47. The number of halogens is 1. The molecule has 2 aromatic carbocycles. The Morgan fingerprint density at radius 2 is 1.89 bits per heavy atom. The molecule has 7 heteroatoms. The average Bonchev–Trinajstić information content (AvgIpc) is 2.57. The molecule has 0 bridgehead atoms. The second kappa shape index (κ2) is 9.39. The van der Waals surface area contributed by atoms with Crippen molar-refractivity contribution in [3.05, 3.63) is 58.1 Å². The van der Waals surface area contributed by atoms with Crippen LogP contribution in [-0.4, -0.2) is 37.5 Å². The first-order valence-corrected chi connectivity index (χ1v) is 8.85. The van der Waals surface area contributed by atoms with Crippen LogP contribution < -0.4 is 15.4 Å². The van der Waals surface area contributed by atoms with Gasteiger partial charge in [0.05, 0.1) is 13.7 Å². The molecule has 6 nitrogen and oxygen atoms in total. The highest BCUT2D eigenvalue weighted by Gasteiger charge is 2.13. The number of anilines is 1. The second-order valence-electron chi connectivity index (χ2n) is 6.45. The maximum Gasteiger partial charge on any atom is 0.325 e. The lowest BCUT2D eigenvalue weighted by atomic mass is 10.1. The Kier molecular flexibility index (Phi) is 7.21. The normalized spacial score (nSPS) is 10.6. The quantitative estimate of drug-likeness (QED) is 0.789. The Labute approximate surface area is 164 Å². The van der Waals surface area contributed by atoms with Crippen molar-refractivity contribution in [3.8, 4) is 5.75 Å². The van der Waals surface area contributed by atoms with Gasteiger partial charge in [-0.25, -0.2) is 4.79 Å². The number of imide groups is 1. The molecule has 2 N–H and O–H groups in total. The van der Waals surface area contributed by atoms with Gasteiger partial charge in [0.2, 0.25) is 5.91 Å². The molecule has 144 valence electrons. The first kappa shape index (κ1) is 20.7. The van der Waals surface area contributed by atoms with Crippen molar-refractivity contribution in [1.82, 2.24) is 10.2 Å². The molecule has 0 radical (unpaired) electrons. The molecule has 0 heterocycles. The molecule has 0 aliphatic carbocycles. The van der Waals surface area contributed by atoms with Gasteiger partial charge >= 0.3 is 6.03 Å². The Balaban J connectivity index is 1.89. The highest BCUT2D eigenvalue weighted by atomic mass is 35.5. The van der Waals surface area contributed by atoms with Crippen molar-refractivity contribution in [2.45, 2.75) is 20.4 Å². The summed E-state index contributed by atoms with van der Waals surface area (Å²) in [5.74, 6) is 0.292. The van der Waals surface area contributed by atoms with Crippen molar-refractivity contribution in [2.75, 3.05) is 26.0 Å². The fourth-order valence-corrected chi connectivity index (χ4v) is 2.93. The highest BCUT2D eigenvalue weighted by Crippen LogP contribution is 2.23. The van der Waals surface area contributed by atoms with Gasteiger partial charge in [-0.05, 0) is 50.7 Å². The van der Waals surface area contributed by atoms with E-state index in [-0.39, 0.29) is 6.54 Å². The number of nitrogens with zero attached hydrogens (tertiary/aromatic N) is 1. The Hall–Kier alpha value is -2.57. The van der Waals surface area contributed by atoms with Crippen molar-refractivity contribution >= 4 is 29.2 Å². The van der Waals surface area contributed by atoms with Crippen molar-refractivity contribution in [3.63, 3.8) is 0 Å². The third-order valence-electron chi connectivity index (χ3n) is 3.98. The monoisotopic (exact) mass is 389 g/mol. The van der Waals surface area contributed by atoms with E-state index < -0.39 is 11.9 Å². The molecule has 3 amide bonds. The van der Waals surface area contributed by atoms with E-state index in [0.29, 0.717) is 23.0 Å². The zero-order valence-corrected chi connectivity index (χ0v) is 16.7. The number of nitrogens with one attached hydrogen (secondary N) is 2. The zero-order chi connectivity index (χ0) is 20.0. The van der Waals surface area contributed by atoms with Crippen LogP contribution in [0, 0.1) is 13.8 Å². The van der Waals surface area contributed by atoms with E-state index in [0.717, 1.165) is 16.7 Å². The number of amides is 3. The smallest absolute Gasteiger partial charge is 0.325 e. The van der Waals surface area contributed by atoms with Gasteiger partial charge in [0, 0.05) is 22.8 Å². The number of ether oxygens (including phenoxy) is 1. The summed E-state index contributed by atoms with van der Waals surface area (Å²) in [5, 5.41) is 5.62. The van der Waals surface area contributed by atoms with E-state index in [1.165, 1.54) is 0 Å². The standard InChI is InChI=1S/C20H24ClN3O3/c1-13-5-7-17(14(2)9-13)22-20(26)23-19(25)12-24(3)11-15-10-16(21)6-8-18(15)27-4/h5-10H,11-12H2,1-4H3,(H2,22,23,25,26). The predicted molar refractivity (Wildman–Crippen MR) is 107 cm³/mol.